The summed E-state index contributed by atoms with van der Waals surface area (Å²) in [6.07, 6.45) is 1.90. The van der Waals surface area contributed by atoms with Gasteiger partial charge in [-0.15, -0.1) is 0 Å². The Morgan fingerprint density at radius 3 is 2.48 bits per heavy atom. The number of carbonyl (C=O) groups is 1. The van der Waals surface area contributed by atoms with E-state index in [1.54, 1.807) is 12.0 Å². The number of methoxy groups -OCH3 is 1. The first-order chi connectivity index (χ1) is 12.0. The molecule has 0 N–H and O–H groups in total. The number of hydrogen-bond acceptors (Lipinski definition) is 4. The van der Waals surface area contributed by atoms with Gasteiger partial charge < -0.3 is 9.64 Å². The summed E-state index contributed by atoms with van der Waals surface area (Å²) in [6, 6.07) is 11.7. The molecule has 2 aromatic rings. The molecule has 2 aromatic carbocycles. The van der Waals surface area contributed by atoms with Gasteiger partial charge in [0, 0.05) is 24.7 Å². The van der Waals surface area contributed by atoms with Crippen molar-refractivity contribution in [2.24, 2.45) is 0 Å². The van der Waals surface area contributed by atoms with E-state index in [-0.39, 0.29) is 28.2 Å². The first-order valence-corrected chi connectivity index (χ1v) is 8.25. The molecule has 1 saturated carbocycles. The number of nitrogens with zero attached hydrogens (tertiary/aromatic N) is 2. The molecular formula is C18H17ClN2O4. The first kappa shape index (κ1) is 17.2. The zero-order chi connectivity index (χ0) is 18.0. The van der Waals surface area contributed by atoms with Crippen LogP contribution in [-0.4, -0.2) is 28.9 Å². The summed E-state index contributed by atoms with van der Waals surface area (Å²) in [5.74, 6) is 0.546. The number of carbonyl (C=O) groups excluding carboxylic acids is 1. The van der Waals surface area contributed by atoms with Crippen LogP contribution in [0.2, 0.25) is 5.02 Å². The summed E-state index contributed by atoms with van der Waals surface area (Å²) in [7, 11) is 1.60. The quantitative estimate of drug-likeness (QED) is 0.575. The maximum absolute atomic E-state index is 12.9. The topological polar surface area (TPSA) is 72.7 Å². The van der Waals surface area contributed by atoms with Gasteiger partial charge in [-0.25, -0.2) is 0 Å². The molecule has 130 valence electrons. The van der Waals surface area contributed by atoms with E-state index in [1.165, 1.54) is 18.2 Å². The molecule has 0 heterocycles. The van der Waals surface area contributed by atoms with E-state index in [9.17, 15) is 14.9 Å². The van der Waals surface area contributed by atoms with Crippen LogP contribution in [-0.2, 0) is 6.54 Å². The Bertz CT molecular complexity index is 803. The Balaban J connectivity index is 1.82. The van der Waals surface area contributed by atoms with Crippen LogP contribution in [0, 0.1) is 10.1 Å². The third-order valence-corrected chi connectivity index (χ3v) is 4.47. The van der Waals surface area contributed by atoms with Crippen LogP contribution >= 0.6 is 11.6 Å². The highest BCUT2D eigenvalue weighted by Crippen LogP contribution is 2.32. The van der Waals surface area contributed by atoms with E-state index in [2.05, 4.69) is 0 Å². The molecule has 25 heavy (non-hydrogen) atoms. The van der Waals surface area contributed by atoms with Crippen LogP contribution in [0.4, 0.5) is 5.69 Å². The average molecular weight is 361 g/mol. The molecule has 0 aromatic heterocycles. The lowest BCUT2D eigenvalue weighted by Gasteiger charge is -2.23. The minimum Gasteiger partial charge on any atom is -0.497 e. The van der Waals surface area contributed by atoms with E-state index in [0.717, 1.165) is 24.2 Å². The van der Waals surface area contributed by atoms with Gasteiger partial charge in [0.05, 0.1) is 22.6 Å². The fourth-order valence-corrected chi connectivity index (χ4v) is 2.88. The minimum atomic E-state index is -0.532. The van der Waals surface area contributed by atoms with Crippen molar-refractivity contribution in [1.29, 1.82) is 0 Å². The molecule has 0 radical (unpaired) electrons. The predicted octanol–water partition coefficient (Wildman–Crippen LogP) is 4.06. The smallest absolute Gasteiger partial charge is 0.270 e. The first-order valence-electron chi connectivity index (χ1n) is 7.87. The second-order valence-electron chi connectivity index (χ2n) is 5.93. The number of non-ortho nitro benzene ring substituents is 1. The highest BCUT2D eigenvalue weighted by molar-refractivity contribution is 6.34. The second-order valence-corrected chi connectivity index (χ2v) is 6.34. The maximum atomic E-state index is 12.9. The molecule has 0 aliphatic heterocycles. The van der Waals surface area contributed by atoms with Gasteiger partial charge in [-0.1, -0.05) is 23.7 Å². The van der Waals surface area contributed by atoms with Crippen LogP contribution < -0.4 is 4.74 Å². The van der Waals surface area contributed by atoms with Crippen molar-refractivity contribution in [3.05, 3.63) is 68.7 Å². The molecule has 3 rings (SSSR count). The molecule has 1 fully saturated rings. The molecule has 0 spiro atoms. The minimum absolute atomic E-state index is 0.0968. The number of rotatable bonds is 6. The van der Waals surface area contributed by atoms with Crippen LogP contribution in [0.5, 0.6) is 5.75 Å². The van der Waals surface area contributed by atoms with Gasteiger partial charge in [0.1, 0.15) is 5.75 Å². The van der Waals surface area contributed by atoms with Crippen molar-refractivity contribution in [2.45, 2.75) is 25.4 Å². The highest BCUT2D eigenvalue weighted by Gasteiger charge is 2.34. The van der Waals surface area contributed by atoms with E-state index < -0.39 is 4.92 Å². The van der Waals surface area contributed by atoms with Crippen molar-refractivity contribution >= 4 is 23.2 Å². The van der Waals surface area contributed by atoms with Gasteiger partial charge in [0.25, 0.3) is 11.6 Å². The van der Waals surface area contributed by atoms with Crippen molar-refractivity contribution in [3.63, 3.8) is 0 Å². The number of benzene rings is 2. The summed E-state index contributed by atoms with van der Waals surface area (Å²) in [4.78, 5) is 25.0. The van der Waals surface area contributed by atoms with Gasteiger partial charge in [-0.2, -0.15) is 0 Å². The van der Waals surface area contributed by atoms with Gasteiger partial charge in [-0.3, -0.25) is 14.9 Å². The third-order valence-electron chi connectivity index (χ3n) is 4.15. The largest absolute Gasteiger partial charge is 0.497 e. The number of halogens is 1. The second kappa shape index (κ2) is 7.11. The molecular weight excluding hydrogens is 344 g/mol. The molecule has 0 bridgehead atoms. The van der Waals surface area contributed by atoms with E-state index >= 15 is 0 Å². The van der Waals surface area contributed by atoms with Gasteiger partial charge in [0.2, 0.25) is 0 Å². The number of ether oxygens (including phenoxy) is 1. The van der Waals surface area contributed by atoms with Crippen LogP contribution in [0.25, 0.3) is 0 Å². The molecule has 1 amide bonds. The Morgan fingerprint density at radius 2 is 1.96 bits per heavy atom. The molecule has 6 nitrogen and oxygen atoms in total. The number of amides is 1. The van der Waals surface area contributed by atoms with Crippen LogP contribution in [0.1, 0.15) is 28.8 Å². The summed E-state index contributed by atoms with van der Waals surface area (Å²) in [5, 5.41) is 10.9. The number of hydrogen-bond donors (Lipinski definition) is 0. The lowest BCUT2D eigenvalue weighted by Crippen LogP contribution is -2.32. The number of nitro benzene ring substituents is 1. The fourth-order valence-electron chi connectivity index (χ4n) is 2.63. The van der Waals surface area contributed by atoms with Crippen LogP contribution in [0.15, 0.2) is 42.5 Å². The third kappa shape index (κ3) is 3.91. The van der Waals surface area contributed by atoms with E-state index in [0.29, 0.717) is 6.54 Å². The Labute approximate surface area is 150 Å². The lowest BCUT2D eigenvalue weighted by atomic mass is 10.1. The fraction of sp³-hybridized carbons (Fsp3) is 0.278. The maximum Gasteiger partial charge on any atom is 0.270 e. The molecule has 1 aliphatic rings. The Morgan fingerprint density at radius 1 is 1.28 bits per heavy atom. The average Bonchev–Trinajstić information content (AvgIpc) is 3.44. The van der Waals surface area contributed by atoms with E-state index in [1.807, 2.05) is 24.3 Å². The van der Waals surface area contributed by atoms with E-state index in [4.69, 9.17) is 16.3 Å². The van der Waals surface area contributed by atoms with Crippen molar-refractivity contribution in [3.8, 4) is 5.75 Å². The number of nitro groups is 1. The standard InChI is InChI=1S/C18H17ClN2O4/c1-25-15-7-2-12(3-8-15)11-20(13-4-5-13)18(22)16-9-6-14(21(23)24)10-17(16)19/h2-3,6-10,13H,4-5,11H2,1H3. The summed E-state index contributed by atoms with van der Waals surface area (Å²) in [5.41, 5.74) is 1.14. The monoisotopic (exact) mass is 360 g/mol. The van der Waals surface area contributed by atoms with Crippen molar-refractivity contribution in [2.75, 3.05) is 7.11 Å². The van der Waals surface area contributed by atoms with Crippen LogP contribution in [0.3, 0.4) is 0 Å². The highest BCUT2D eigenvalue weighted by atomic mass is 35.5. The molecule has 0 saturated heterocycles. The SMILES string of the molecule is COc1ccc(CN(C(=O)c2ccc([N+](=O)[O-])cc2Cl)C2CC2)cc1. The van der Waals surface area contributed by atoms with Gasteiger partial charge in [-0.05, 0) is 36.6 Å². The normalized spacial score (nSPS) is 13.4. The summed E-state index contributed by atoms with van der Waals surface area (Å²) < 4.78 is 5.14. The summed E-state index contributed by atoms with van der Waals surface area (Å²) in [6.45, 7) is 0.459. The zero-order valence-corrected chi connectivity index (χ0v) is 14.4. The van der Waals surface area contributed by atoms with Crippen molar-refractivity contribution in [1.82, 2.24) is 4.90 Å². The predicted molar refractivity (Wildman–Crippen MR) is 94.0 cm³/mol. The zero-order valence-electron chi connectivity index (χ0n) is 13.6. The Hall–Kier alpha value is -2.60. The van der Waals surface area contributed by atoms with Gasteiger partial charge >= 0.3 is 0 Å². The molecule has 7 heteroatoms. The summed E-state index contributed by atoms with van der Waals surface area (Å²) >= 11 is 6.11. The lowest BCUT2D eigenvalue weighted by molar-refractivity contribution is -0.384. The Kier molecular flexibility index (Phi) is 4.90. The van der Waals surface area contributed by atoms with Gasteiger partial charge in [0.15, 0.2) is 0 Å². The molecule has 0 atom stereocenters. The molecule has 0 unspecified atom stereocenters. The molecule has 1 aliphatic carbocycles. The van der Waals surface area contributed by atoms with Crippen molar-refractivity contribution < 1.29 is 14.5 Å².